The molecule has 1 fully saturated rings. The number of carbonyl (C=O) groups is 2. The van der Waals surface area contributed by atoms with E-state index in [9.17, 15) is 14.0 Å². The van der Waals surface area contributed by atoms with Crippen LogP contribution < -0.4 is 0 Å². The fraction of sp³-hybridized carbons (Fsp3) is 0.250. The van der Waals surface area contributed by atoms with Gasteiger partial charge in [0.05, 0.1) is 16.1 Å². The molecule has 0 N–H and O–H groups in total. The van der Waals surface area contributed by atoms with Crippen LogP contribution in [0.15, 0.2) is 66.0 Å². The second-order valence-electron chi connectivity index (χ2n) is 8.89. The highest BCUT2D eigenvalue weighted by Gasteiger charge is 2.23. The van der Waals surface area contributed by atoms with Crippen LogP contribution in [0.4, 0.5) is 4.39 Å². The van der Waals surface area contributed by atoms with E-state index in [1.807, 2.05) is 51.6 Å². The molecule has 0 unspecified atom stereocenters. The number of nitrogens with zero attached hydrogens (tertiary/aromatic N) is 3. The van der Waals surface area contributed by atoms with Crippen LogP contribution in [-0.2, 0) is 11.3 Å². The maximum Gasteiger partial charge on any atom is 0.264 e. The van der Waals surface area contributed by atoms with Gasteiger partial charge in [-0.15, -0.1) is 11.3 Å². The van der Waals surface area contributed by atoms with Crippen molar-refractivity contribution in [1.29, 1.82) is 0 Å². The number of hydrogen-bond acceptors (Lipinski definition) is 4. The molecule has 0 atom stereocenters. The van der Waals surface area contributed by atoms with E-state index in [1.54, 1.807) is 12.1 Å². The average molecular weight is 522 g/mol. The van der Waals surface area contributed by atoms with Crippen molar-refractivity contribution in [2.24, 2.45) is 0 Å². The molecule has 0 spiro atoms. The normalized spacial score (nSPS) is 13.5. The number of amides is 2. The van der Waals surface area contributed by atoms with Crippen molar-refractivity contribution >= 4 is 45.7 Å². The number of rotatable bonds is 8. The lowest BCUT2D eigenvalue weighted by atomic mass is 10.0. The summed E-state index contributed by atoms with van der Waals surface area (Å²) in [6.45, 7) is 2.23. The van der Waals surface area contributed by atoms with E-state index in [-0.39, 0.29) is 17.6 Å². The van der Waals surface area contributed by atoms with Crippen LogP contribution in [0.5, 0.6) is 0 Å². The molecule has 184 valence electrons. The Kier molecular flexibility index (Phi) is 7.30. The standard InChI is InChI=1S/C28H25ClFN3O2S/c29-22-6-1-5-20(16-22)27-21(15-19-9-10-23(30)17-24(19)31-27)18-33(28(35)25-7-3-14-36-25)13-4-12-32-11-2-8-26(32)34/h1,3,5-7,9-10,14-17H,2,4,8,11-13,18H2. The molecule has 2 aromatic heterocycles. The number of benzene rings is 2. The molecular weight excluding hydrogens is 497 g/mol. The molecule has 1 aliphatic heterocycles. The topological polar surface area (TPSA) is 53.5 Å². The van der Waals surface area contributed by atoms with Crippen molar-refractivity contribution in [3.05, 3.63) is 87.3 Å². The molecule has 3 heterocycles. The van der Waals surface area contributed by atoms with Crippen LogP contribution in [-0.4, -0.2) is 46.2 Å². The van der Waals surface area contributed by atoms with Crippen LogP contribution in [0.25, 0.3) is 22.2 Å². The third-order valence-corrected chi connectivity index (χ3v) is 7.46. The van der Waals surface area contributed by atoms with E-state index in [4.69, 9.17) is 16.6 Å². The highest BCUT2D eigenvalue weighted by molar-refractivity contribution is 7.12. The molecule has 5 nitrogen and oxygen atoms in total. The second-order valence-corrected chi connectivity index (χ2v) is 10.3. The Balaban J connectivity index is 1.49. The fourth-order valence-corrected chi connectivity index (χ4v) is 5.48. The highest BCUT2D eigenvalue weighted by Crippen LogP contribution is 2.30. The lowest BCUT2D eigenvalue weighted by Gasteiger charge is -2.25. The zero-order chi connectivity index (χ0) is 25.1. The summed E-state index contributed by atoms with van der Waals surface area (Å²) in [6.07, 6.45) is 2.18. The summed E-state index contributed by atoms with van der Waals surface area (Å²) in [5, 5.41) is 3.25. The Labute approximate surface area is 218 Å². The first kappa shape index (κ1) is 24.4. The van der Waals surface area contributed by atoms with Crippen molar-refractivity contribution < 1.29 is 14.0 Å². The van der Waals surface area contributed by atoms with Gasteiger partial charge in [-0.2, -0.15) is 0 Å². The molecule has 8 heteroatoms. The Hall–Kier alpha value is -3.29. The first-order valence-electron chi connectivity index (χ1n) is 11.9. The van der Waals surface area contributed by atoms with Gasteiger partial charge in [0.25, 0.3) is 5.91 Å². The summed E-state index contributed by atoms with van der Waals surface area (Å²) in [6, 6.07) is 17.5. The summed E-state index contributed by atoms with van der Waals surface area (Å²) < 4.78 is 14.0. The first-order chi connectivity index (χ1) is 17.5. The lowest BCUT2D eigenvalue weighted by Crippen LogP contribution is -2.34. The zero-order valence-corrected chi connectivity index (χ0v) is 21.2. The van der Waals surface area contributed by atoms with Gasteiger partial charge in [0.15, 0.2) is 0 Å². The molecule has 0 bridgehead atoms. The average Bonchev–Trinajstić information content (AvgIpc) is 3.55. The molecular formula is C28H25ClFN3O2S. The van der Waals surface area contributed by atoms with Crippen molar-refractivity contribution in [2.75, 3.05) is 19.6 Å². The molecule has 2 amide bonds. The van der Waals surface area contributed by atoms with Gasteiger partial charge in [-0.3, -0.25) is 9.59 Å². The monoisotopic (exact) mass is 521 g/mol. The number of thiophene rings is 1. The Bertz CT molecular complexity index is 1410. The largest absolute Gasteiger partial charge is 0.343 e. The van der Waals surface area contributed by atoms with Crippen molar-refractivity contribution in [2.45, 2.75) is 25.8 Å². The number of hydrogen-bond donors (Lipinski definition) is 0. The number of likely N-dealkylation sites (tertiary alicyclic amines) is 1. The van der Waals surface area contributed by atoms with Crippen LogP contribution in [0.2, 0.25) is 5.02 Å². The molecule has 1 saturated heterocycles. The SMILES string of the molecule is O=C1CCCN1CCCN(Cc1cc2ccc(F)cc2nc1-c1cccc(Cl)c1)C(=O)c1cccs1. The highest BCUT2D eigenvalue weighted by atomic mass is 35.5. The molecule has 0 saturated carbocycles. The van der Waals surface area contributed by atoms with Gasteiger partial charge in [-0.1, -0.05) is 29.8 Å². The number of fused-ring (bicyclic) bond motifs is 1. The summed E-state index contributed by atoms with van der Waals surface area (Å²) in [4.78, 5) is 34.7. The minimum atomic E-state index is -0.356. The molecule has 5 rings (SSSR count). The second kappa shape index (κ2) is 10.8. The predicted octanol–water partition coefficient (Wildman–Crippen LogP) is 6.41. The van der Waals surface area contributed by atoms with Crippen molar-refractivity contribution in [1.82, 2.24) is 14.8 Å². The Morgan fingerprint density at radius 1 is 1.14 bits per heavy atom. The Morgan fingerprint density at radius 3 is 2.78 bits per heavy atom. The predicted molar refractivity (Wildman–Crippen MR) is 142 cm³/mol. The maximum atomic E-state index is 14.0. The van der Waals surface area contributed by atoms with Gasteiger partial charge in [0.1, 0.15) is 5.82 Å². The third-order valence-electron chi connectivity index (χ3n) is 6.36. The van der Waals surface area contributed by atoms with Crippen LogP contribution in [0.1, 0.15) is 34.5 Å². The van der Waals surface area contributed by atoms with Gasteiger partial charge in [-0.05, 0) is 60.2 Å². The van der Waals surface area contributed by atoms with Gasteiger partial charge < -0.3 is 9.80 Å². The maximum absolute atomic E-state index is 14.0. The van der Waals surface area contributed by atoms with Crippen LogP contribution in [0, 0.1) is 5.82 Å². The van der Waals surface area contributed by atoms with Crippen molar-refractivity contribution in [3.8, 4) is 11.3 Å². The first-order valence-corrected chi connectivity index (χ1v) is 13.2. The smallest absolute Gasteiger partial charge is 0.264 e. The van der Waals surface area contributed by atoms with Crippen molar-refractivity contribution in [3.63, 3.8) is 0 Å². The van der Waals surface area contributed by atoms with E-state index < -0.39 is 0 Å². The summed E-state index contributed by atoms with van der Waals surface area (Å²) in [5.41, 5.74) is 2.85. The van der Waals surface area contributed by atoms with E-state index in [0.29, 0.717) is 53.6 Å². The molecule has 0 radical (unpaired) electrons. The number of halogens is 2. The van der Waals surface area contributed by atoms with Crippen LogP contribution >= 0.6 is 22.9 Å². The summed E-state index contributed by atoms with van der Waals surface area (Å²) in [5.74, 6) is -0.236. The Morgan fingerprint density at radius 2 is 2.03 bits per heavy atom. The minimum absolute atomic E-state index is 0.0611. The molecule has 36 heavy (non-hydrogen) atoms. The lowest BCUT2D eigenvalue weighted by molar-refractivity contribution is -0.127. The van der Waals surface area contributed by atoms with Crippen LogP contribution in [0.3, 0.4) is 0 Å². The summed E-state index contributed by atoms with van der Waals surface area (Å²) in [7, 11) is 0. The van der Waals surface area contributed by atoms with Gasteiger partial charge in [0.2, 0.25) is 5.91 Å². The quantitative estimate of drug-likeness (QED) is 0.269. The molecule has 0 aliphatic carbocycles. The number of pyridine rings is 1. The van der Waals surface area contributed by atoms with Gasteiger partial charge in [-0.25, -0.2) is 9.37 Å². The third kappa shape index (κ3) is 5.42. The zero-order valence-electron chi connectivity index (χ0n) is 19.6. The molecule has 1 aliphatic rings. The molecule has 4 aromatic rings. The van der Waals surface area contributed by atoms with Gasteiger partial charge >= 0.3 is 0 Å². The van der Waals surface area contributed by atoms with E-state index in [0.717, 1.165) is 29.5 Å². The summed E-state index contributed by atoms with van der Waals surface area (Å²) >= 11 is 7.68. The van der Waals surface area contributed by atoms with E-state index >= 15 is 0 Å². The van der Waals surface area contributed by atoms with E-state index in [1.165, 1.54) is 23.5 Å². The molecule has 2 aromatic carbocycles. The van der Waals surface area contributed by atoms with Gasteiger partial charge in [0, 0.05) is 54.6 Å². The van der Waals surface area contributed by atoms with E-state index in [2.05, 4.69) is 0 Å². The number of aromatic nitrogens is 1. The fourth-order valence-electron chi connectivity index (χ4n) is 4.60. The number of carbonyl (C=O) groups excluding carboxylic acids is 2. The minimum Gasteiger partial charge on any atom is -0.343 e.